The van der Waals surface area contributed by atoms with E-state index in [1.165, 1.54) is 37.7 Å². The molecule has 3 aromatic heterocycles. The third kappa shape index (κ3) is 4.37. The molecule has 0 saturated heterocycles. The van der Waals surface area contributed by atoms with E-state index in [4.69, 9.17) is 16.3 Å². The number of nitrogens with one attached hydrogen (secondary N) is 2. The molecule has 0 radical (unpaired) electrons. The minimum absolute atomic E-state index is 0.0541. The first-order valence-corrected chi connectivity index (χ1v) is 9.82. The van der Waals surface area contributed by atoms with Crippen molar-refractivity contribution in [3.05, 3.63) is 94.5 Å². The number of aromatic nitrogens is 4. The van der Waals surface area contributed by atoms with Gasteiger partial charge < -0.3 is 15.0 Å². The van der Waals surface area contributed by atoms with Crippen LogP contribution in [0.5, 0.6) is 5.75 Å². The number of amides is 1. The molecule has 8 nitrogen and oxygen atoms in total. The molecule has 3 heterocycles. The van der Waals surface area contributed by atoms with Gasteiger partial charge in [-0.1, -0.05) is 17.7 Å². The van der Waals surface area contributed by atoms with Crippen LogP contribution in [-0.4, -0.2) is 38.5 Å². The van der Waals surface area contributed by atoms with Crippen LogP contribution in [0.3, 0.4) is 0 Å². The smallest absolute Gasteiger partial charge is 0.272 e. The Kier molecular flexibility index (Phi) is 6.00. The third-order valence-corrected chi connectivity index (χ3v) is 4.97. The summed E-state index contributed by atoms with van der Waals surface area (Å²) in [6.07, 6.45) is 7.91. The molecule has 0 aliphatic carbocycles. The fourth-order valence-corrected chi connectivity index (χ4v) is 3.32. The average molecular weight is 454 g/mol. The highest BCUT2D eigenvalue weighted by atomic mass is 35.5. The van der Waals surface area contributed by atoms with Crippen LogP contribution in [0.25, 0.3) is 0 Å². The van der Waals surface area contributed by atoms with E-state index in [9.17, 15) is 14.0 Å². The minimum Gasteiger partial charge on any atom is -0.494 e. The van der Waals surface area contributed by atoms with Gasteiger partial charge in [-0.2, -0.15) is 5.10 Å². The Morgan fingerprint density at radius 2 is 2.12 bits per heavy atom. The van der Waals surface area contributed by atoms with E-state index >= 15 is 0 Å². The number of pyridine rings is 1. The number of hydrogen-bond donors (Lipinski definition) is 2. The van der Waals surface area contributed by atoms with Crippen LogP contribution in [0, 0.1) is 5.82 Å². The van der Waals surface area contributed by atoms with Crippen molar-refractivity contribution in [3.8, 4) is 5.75 Å². The molecule has 4 aromatic rings. The van der Waals surface area contributed by atoms with Crippen LogP contribution in [0.1, 0.15) is 32.0 Å². The Morgan fingerprint density at radius 3 is 2.88 bits per heavy atom. The van der Waals surface area contributed by atoms with Crippen molar-refractivity contribution in [2.24, 2.45) is 0 Å². The van der Waals surface area contributed by atoms with E-state index < -0.39 is 17.5 Å². The van der Waals surface area contributed by atoms with Crippen molar-refractivity contribution in [1.82, 2.24) is 19.7 Å². The SMILES string of the molecule is COc1ccc(Cl)c(C(=O)c2c[nH]c(C(=O)Nc3cnn(Cc4cccnc4)c3)c2)c1F. The van der Waals surface area contributed by atoms with Gasteiger partial charge in [-0.3, -0.25) is 19.3 Å². The van der Waals surface area contributed by atoms with Gasteiger partial charge in [0.2, 0.25) is 0 Å². The summed E-state index contributed by atoms with van der Waals surface area (Å²) in [7, 11) is 1.29. The summed E-state index contributed by atoms with van der Waals surface area (Å²) < 4.78 is 21.1. The molecule has 1 amide bonds. The molecule has 162 valence electrons. The molecule has 2 N–H and O–H groups in total. The van der Waals surface area contributed by atoms with Gasteiger partial charge in [0, 0.05) is 30.4 Å². The second-order valence-electron chi connectivity index (χ2n) is 6.81. The Balaban J connectivity index is 1.47. The zero-order valence-electron chi connectivity index (χ0n) is 16.8. The topological polar surface area (TPSA) is 102 Å². The number of methoxy groups -OCH3 is 1. The highest BCUT2D eigenvalue weighted by molar-refractivity contribution is 6.35. The predicted octanol–water partition coefficient (Wildman–Crippen LogP) is 3.94. The monoisotopic (exact) mass is 453 g/mol. The number of hydrogen-bond acceptors (Lipinski definition) is 5. The summed E-state index contributed by atoms with van der Waals surface area (Å²) in [5, 5.41) is 6.85. The van der Waals surface area contributed by atoms with E-state index in [1.54, 1.807) is 23.3 Å². The van der Waals surface area contributed by atoms with Crippen LogP contribution in [0.15, 0.2) is 61.3 Å². The van der Waals surface area contributed by atoms with Crippen LogP contribution < -0.4 is 10.1 Å². The van der Waals surface area contributed by atoms with Gasteiger partial charge >= 0.3 is 0 Å². The number of anilines is 1. The van der Waals surface area contributed by atoms with E-state index in [-0.39, 0.29) is 27.6 Å². The number of benzene rings is 1. The molecule has 0 bridgehead atoms. The van der Waals surface area contributed by atoms with Crippen LogP contribution in [0.4, 0.5) is 10.1 Å². The number of halogens is 2. The van der Waals surface area contributed by atoms with Crippen molar-refractivity contribution >= 4 is 29.0 Å². The second-order valence-corrected chi connectivity index (χ2v) is 7.22. The molecule has 0 aliphatic rings. The molecule has 0 fully saturated rings. The van der Waals surface area contributed by atoms with Crippen LogP contribution in [-0.2, 0) is 6.54 Å². The average Bonchev–Trinajstić information content (AvgIpc) is 3.44. The molecule has 0 atom stereocenters. The summed E-state index contributed by atoms with van der Waals surface area (Å²) in [6.45, 7) is 0.498. The first kappa shape index (κ1) is 21.3. The first-order chi connectivity index (χ1) is 15.5. The maximum absolute atomic E-state index is 14.5. The van der Waals surface area contributed by atoms with Crippen molar-refractivity contribution in [2.45, 2.75) is 6.54 Å². The molecular weight excluding hydrogens is 437 g/mol. The van der Waals surface area contributed by atoms with E-state index in [2.05, 4.69) is 20.4 Å². The van der Waals surface area contributed by atoms with Crippen LogP contribution in [0.2, 0.25) is 5.02 Å². The molecule has 1 aromatic carbocycles. The molecule has 0 spiro atoms. The number of aromatic amines is 1. The van der Waals surface area contributed by atoms with Crippen molar-refractivity contribution < 1.29 is 18.7 Å². The molecule has 0 aliphatic heterocycles. The number of rotatable bonds is 7. The standard InChI is InChI=1S/C22H17ClFN5O3/c1-32-18-5-4-16(23)19(20(18)24)21(30)14-7-17(26-9-14)22(31)28-15-10-27-29(12-15)11-13-3-2-6-25-8-13/h2-10,12,26H,11H2,1H3,(H,28,31). The largest absolute Gasteiger partial charge is 0.494 e. The first-order valence-electron chi connectivity index (χ1n) is 9.44. The Labute approximate surface area is 187 Å². The lowest BCUT2D eigenvalue weighted by atomic mass is 10.0. The van der Waals surface area contributed by atoms with Crippen molar-refractivity contribution in [3.63, 3.8) is 0 Å². The lowest BCUT2D eigenvalue weighted by Crippen LogP contribution is -2.12. The Hall–Kier alpha value is -3.98. The number of carbonyl (C=O) groups is 2. The molecule has 0 unspecified atom stereocenters. The van der Waals surface area contributed by atoms with E-state index in [0.717, 1.165) is 5.56 Å². The molecule has 32 heavy (non-hydrogen) atoms. The van der Waals surface area contributed by atoms with Crippen molar-refractivity contribution in [2.75, 3.05) is 12.4 Å². The van der Waals surface area contributed by atoms with Crippen molar-refractivity contribution in [1.29, 1.82) is 0 Å². The van der Waals surface area contributed by atoms with E-state index in [0.29, 0.717) is 12.2 Å². The number of ketones is 1. The van der Waals surface area contributed by atoms with E-state index in [1.807, 2.05) is 12.1 Å². The fraction of sp³-hybridized carbons (Fsp3) is 0.0909. The quantitative estimate of drug-likeness (QED) is 0.413. The van der Waals surface area contributed by atoms with Gasteiger partial charge in [0.25, 0.3) is 5.91 Å². The Bertz CT molecular complexity index is 1290. The van der Waals surface area contributed by atoms with Gasteiger partial charge in [-0.25, -0.2) is 4.39 Å². The number of carbonyl (C=O) groups excluding carboxylic acids is 2. The normalized spacial score (nSPS) is 10.7. The summed E-state index contributed by atoms with van der Waals surface area (Å²) >= 11 is 6.02. The predicted molar refractivity (Wildman–Crippen MR) is 116 cm³/mol. The van der Waals surface area contributed by atoms with Gasteiger partial charge in [0.1, 0.15) is 5.69 Å². The maximum atomic E-state index is 14.5. The summed E-state index contributed by atoms with van der Waals surface area (Å²) in [5.41, 5.74) is 1.31. The fourth-order valence-electron chi connectivity index (χ4n) is 3.09. The van der Waals surface area contributed by atoms with Gasteiger partial charge in [-0.15, -0.1) is 0 Å². The highest BCUT2D eigenvalue weighted by Crippen LogP contribution is 2.29. The lowest BCUT2D eigenvalue weighted by molar-refractivity contribution is 0.102. The van der Waals surface area contributed by atoms with Gasteiger partial charge in [0.15, 0.2) is 17.3 Å². The van der Waals surface area contributed by atoms with Crippen LogP contribution >= 0.6 is 11.6 Å². The highest BCUT2D eigenvalue weighted by Gasteiger charge is 2.23. The third-order valence-electron chi connectivity index (χ3n) is 4.65. The minimum atomic E-state index is -0.863. The number of H-pyrrole nitrogens is 1. The summed E-state index contributed by atoms with van der Waals surface area (Å²) in [4.78, 5) is 32.1. The number of ether oxygens (including phenoxy) is 1. The Morgan fingerprint density at radius 1 is 1.28 bits per heavy atom. The summed E-state index contributed by atoms with van der Waals surface area (Å²) in [6, 6.07) is 7.78. The second kappa shape index (κ2) is 9.03. The molecule has 4 rings (SSSR count). The molecule has 10 heteroatoms. The zero-order valence-corrected chi connectivity index (χ0v) is 17.6. The summed E-state index contributed by atoms with van der Waals surface area (Å²) in [5.74, 6) is -2.12. The lowest BCUT2D eigenvalue weighted by Gasteiger charge is -2.07. The zero-order chi connectivity index (χ0) is 22.7. The maximum Gasteiger partial charge on any atom is 0.272 e. The molecule has 0 saturated carbocycles. The van der Waals surface area contributed by atoms with Gasteiger partial charge in [-0.05, 0) is 29.8 Å². The van der Waals surface area contributed by atoms with Gasteiger partial charge in [0.05, 0.1) is 36.1 Å². The molecular formula is C22H17ClFN5O3. The number of nitrogens with zero attached hydrogens (tertiary/aromatic N) is 3.